The topological polar surface area (TPSA) is 9.23 Å². The first kappa shape index (κ1) is 10.2. The van der Waals surface area contributed by atoms with E-state index in [1.165, 1.54) is 34.9 Å². The van der Waals surface area contributed by atoms with E-state index in [1.807, 2.05) is 0 Å². The summed E-state index contributed by atoms with van der Waals surface area (Å²) in [6.45, 7) is 0.851. The predicted molar refractivity (Wildman–Crippen MR) is 61.7 cm³/mol. The summed E-state index contributed by atoms with van der Waals surface area (Å²) < 4.78 is 6.52. The van der Waals surface area contributed by atoms with Crippen molar-refractivity contribution < 1.29 is 4.74 Å². The van der Waals surface area contributed by atoms with Gasteiger partial charge in [0, 0.05) is 17.5 Å². The third-order valence-electron chi connectivity index (χ3n) is 2.94. The first-order valence-corrected chi connectivity index (χ1v) is 5.88. The predicted octanol–water partition coefficient (Wildman–Crippen LogP) is 3.52. The molecule has 0 aliphatic heterocycles. The number of rotatable bonds is 2. The van der Waals surface area contributed by atoms with Crippen molar-refractivity contribution in [2.45, 2.75) is 25.2 Å². The van der Waals surface area contributed by atoms with Crippen LogP contribution in [0.4, 0.5) is 0 Å². The highest BCUT2D eigenvalue weighted by atomic mass is 79.9. The Morgan fingerprint density at radius 1 is 1.50 bits per heavy atom. The van der Waals surface area contributed by atoms with Crippen molar-refractivity contribution in [3.63, 3.8) is 0 Å². The molecule has 0 N–H and O–H groups in total. The van der Waals surface area contributed by atoms with E-state index in [0.29, 0.717) is 5.92 Å². The van der Waals surface area contributed by atoms with Crippen LogP contribution in [-0.2, 0) is 11.2 Å². The molecule has 1 aromatic rings. The Balaban J connectivity index is 2.34. The summed E-state index contributed by atoms with van der Waals surface area (Å²) in [6, 6.07) is 6.49. The molecule has 1 aromatic carbocycles. The summed E-state index contributed by atoms with van der Waals surface area (Å²) >= 11 is 3.62. The van der Waals surface area contributed by atoms with Crippen LogP contribution in [0.15, 0.2) is 22.7 Å². The Labute approximate surface area is 93.6 Å². The van der Waals surface area contributed by atoms with E-state index < -0.39 is 0 Å². The standard InChI is InChI=1S/C12H15BrO/c1-14-8-9-4-2-6-11-10(9)5-3-7-12(11)13/h3,5,7,9H,2,4,6,8H2,1H3. The molecule has 14 heavy (non-hydrogen) atoms. The molecule has 1 atom stereocenters. The number of halogens is 1. The van der Waals surface area contributed by atoms with Crippen molar-refractivity contribution in [2.75, 3.05) is 13.7 Å². The zero-order valence-electron chi connectivity index (χ0n) is 8.42. The van der Waals surface area contributed by atoms with Crippen molar-refractivity contribution in [3.8, 4) is 0 Å². The normalized spacial score (nSPS) is 20.6. The van der Waals surface area contributed by atoms with Gasteiger partial charge in [-0.15, -0.1) is 0 Å². The monoisotopic (exact) mass is 254 g/mol. The Bertz CT molecular complexity index is 322. The van der Waals surface area contributed by atoms with Gasteiger partial charge in [0.15, 0.2) is 0 Å². The van der Waals surface area contributed by atoms with Gasteiger partial charge >= 0.3 is 0 Å². The van der Waals surface area contributed by atoms with Crippen LogP contribution < -0.4 is 0 Å². The molecule has 0 heterocycles. The molecule has 0 aromatic heterocycles. The Kier molecular flexibility index (Phi) is 3.24. The third-order valence-corrected chi connectivity index (χ3v) is 3.69. The third kappa shape index (κ3) is 1.86. The lowest BCUT2D eigenvalue weighted by Crippen LogP contribution is -2.14. The van der Waals surface area contributed by atoms with Crippen LogP contribution in [0.25, 0.3) is 0 Å². The van der Waals surface area contributed by atoms with Crippen molar-refractivity contribution in [1.29, 1.82) is 0 Å². The van der Waals surface area contributed by atoms with Gasteiger partial charge < -0.3 is 4.74 Å². The number of benzene rings is 1. The van der Waals surface area contributed by atoms with Crippen LogP contribution >= 0.6 is 15.9 Å². The molecule has 0 spiro atoms. The van der Waals surface area contributed by atoms with E-state index in [2.05, 4.69) is 34.1 Å². The summed E-state index contributed by atoms with van der Waals surface area (Å²) in [5, 5.41) is 0. The molecule has 76 valence electrons. The van der Waals surface area contributed by atoms with Crippen LogP contribution in [0.3, 0.4) is 0 Å². The van der Waals surface area contributed by atoms with Crippen LogP contribution in [0.1, 0.15) is 29.9 Å². The molecule has 0 bridgehead atoms. The van der Waals surface area contributed by atoms with E-state index in [4.69, 9.17) is 4.74 Å². The first-order valence-electron chi connectivity index (χ1n) is 5.09. The number of hydrogen-bond donors (Lipinski definition) is 0. The number of methoxy groups -OCH3 is 1. The second-order valence-corrected chi connectivity index (χ2v) is 4.71. The maximum atomic E-state index is 5.26. The zero-order valence-corrected chi connectivity index (χ0v) is 10.0. The SMILES string of the molecule is COCC1CCCc2c(Br)cccc21. The molecule has 0 radical (unpaired) electrons. The Morgan fingerprint density at radius 3 is 3.14 bits per heavy atom. The molecule has 1 nitrogen and oxygen atoms in total. The molecule has 0 amide bonds. The summed E-state index contributed by atoms with van der Waals surface area (Å²) in [5.41, 5.74) is 2.97. The summed E-state index contributed by atoms with van der Waals surface area (Å²) in [6.07, 6.45) is 3.75. The number of ether oxygens (including phenoxy) is 1. The van der Waals surface area contributed by atoms with Crippen molar-refractivity contribution in [3.05, 3.63) is 33.8 Å². The van der Waals surface area contributed by atoms with Crippen molar-refractivity contribution in [2.24, 2.45) is 0 Å². The minimum atomic E-state index is 0.598. The molecule has 2 heteroatoms. The van der Waals surface area contributed by atoms with Gasteiger partial charge in [-0.2, -0.15) is 0 Å². The fraction of sp³-hybridized carbons (Fsp3) is 0.500. The minimum absolute atomic E-state index is 0.598. The van der Waals surface area contributed by atoms with Gasteiger partial charge in [-0.1, -0.05) is 28.1 Å². The minimum Gasteiger partial charge on any atom is -0.384 e. The molecule has 1 aliphatic rings. The second-order valence-electron chi connectivity index (χ2n) is 3.85. The lowest BCUT2D eigenvalue weighted by Gasteiger charge is -2.25. The number of hydrogen-bond acceptors (Lipinski definition) is 1. The second kappa shape index (κ2) is 4.45. The van der Waals surface area contributed by atoms with Gasteiger partial charge in [-0.3, -0.25) is 0 Å². The number of fused-ring (bicyclic) bond motifs is 1. The molecule has 0 saturated carbocycles. The lowest BCUT2D eigenvalue weighted by molar-refractivity contribution is 0.172. The fourth-order valence-electron chi connectivity index (χ4n) is 2.28. The highest BCUT2D eigenvalue weighted by molar-refractivity contribution is 9.10. The first-order chi connectivity index (χ1) is 6.83. The van der Waals surface area contributed by atoms with Gasteiger partial charge in [-0.05, 0) is 36.5 Å². The summed E-state index contributed by atoms with van der Waals surface area (Å²) in [7, 11) is 1.78. The lowest BCUT2D eigenvalue weighted by atomic mass is 9.83. The van der Waals surface area contributed by atoms with E-state index in [1.54, 1.807) is 7.11 Å². The Hall–Kier alpha value is -0.340. The summed E-state index contributed by atoms with van der Waals surface area (Å²) in [4.78, 5) is 0. The smallest absolute Gasteiger partial charge is 0.0531 e. The average Bonchev–Trinajstić information content (AvgIpc) is 2.20. The van der Waals surface area contributed by atoms with Crippen LogP contribution in [0.5, 0.6) is 0 Å². The molecular weight excluding hydrogens is 240 g/mol. The van der Waals surface area contributed by atoms with Gasteiger partial charge in [0.05, 0.1) is 6.61 Å². The van der Waals surface area contributed by atoms with Gasteiger partial charge in [0.1, 0.15) is 0 Å². The van der Waals surface area contributed by atoms with Crippen LogP contribution in [-0.4, -0.2) is 13.7 Å². The van der Waals surface area contributed by atoms with Crippen molar-refractivity contribution in [1.82, 2.24) is 0 Å². The molecule has 2 rings (SSSR count). The molecule has 1 unspecified atom stereocenters. The fourth-order valence-corrected chi connectivity index (χ4v) is 2.86. The largest absolute Gasteiger partial charge is 0.384 e. The quantitative estimate of drug-likeness (QED) is 0.785. The molecule has 0 saturated heterocycles. The van der Waals surface area contributed by atoms with Gasteiger partial charge in [0.25, 0.3) is 0 Å². The molecule has 0 fully saturated rings. The molecule has 1 aliphatic carbocycles. The highest BCUT2D eigenvalue weighted by Gasteiger charge is 2.21. The van der Waals surface area contributed by atoms with Crippen LogP contribution in [0.2, 0.25) is 0 Å². The van der Waals surface area contributed by atoms with E-state index in [9.17, 15) is 0 Å². The average molecular weight is 255 g/mol. The zero-order chi connectivity index (χ0) is 9.97. The maximum absolute atomic E-state index is 5.26. The van der Waals surface area contributed by atoms with Gasteiger partial charge in [-0.25, -0.2) is 0 Å². The Morgan fingerprint density at radius 2 is 2.36 bits per heavy atom. The maximum Gasteiger partial charge on any atom is 0.0531 e. The van der Waals surface area contributed by atoms with E-state index >= 15 is 0 Å². The van der Waals surface area contributed by atoms with Gasteiger partial charge in [0.2, 0.25) is 0 Å². The van der Waals surface area contributed by atoms with E-state index in [0.717, 1.165) is 6.61 Å². The summed E-state index contributed by atoms with van der Waals surface area (Å²) in [5.74, 6) is 0.598. The highest BCUT2D eigenvalue weighted by Crippen LogP contribution is 2.35. The van der Waals surface area contributed by atoms with E-state index in [-0.39, 0.29) is 0 Å². The molecular formula is C12H15BrO. The van der Waals surface area contributed by atoms with Crippen molar-refractivity contribution >= 4 is 15.9 Å². The van der Waals surface area contributed by atoms with Crippen LogP contribution in [0, 0.1) is 0 Å².